The van der Waals surface area contributed by atoms with E-state index in [0.717, 1.165) is 5.69 Å². The number of carbonyl (C=O) groups excluding carboxylic acids is 1. The van der Waals surface area contributed by atoms with Gasteiger partial charge >= 0.3 is 0 Å². The number of nitrogens with one attached hydrogen (secondary N) is 1. The van der Waals surface area contributed by atoms with E-state index in [4.69, 9.17) is 0 Å². The lowest BCUT2D eigenvalue weighted by atomic mass is 10.2. The van der Waals surface area contributed by atoms with Crippen molar-refractivity contribution in [1.29, 1.82) is 0 Å². The molecule has 0 fully saturated rings. The van der Waals surface area contributed by atoms with Gasteiger partial charge in [-0.2, -0.15) is 0 Å². The Balaban J connectivity index is 2.92. The molecule has 1 N–H and O–H groups in total. The second-order valence-corrected chi connectivity index (χ2v) is 3.78. The molecule has 0 aromatic heterocycles. The van der Waals surface area contributed by atoms with E-state index in [2.05, 4.69) is 5.32 Å². The molecule has 0 unspecified atom stereocenters. The summed E-state index contributed by atoms with van der Waals surface area (Å²) in [5, 5.41) is 2.86. The van der Waals surface area contributed by atoms with Crippen LogP contribution in [0.5, 0.6) is 0 Å². The van der Waals surface area contributed by atoms with Crippen molar-refractivity contribution in [2.75, 3.05) is 5.32 Å². The van der Waals surface area contributed by atoms with Gasteiger partial charge < -0.3 is 5.32 Å². The van der Waals surface area contributed by atoms with Crippen molar-refractivity contribution in [3.05, 3.63) is 54.6 Å². The van der Waals surface area contributed by atoms with Crippen LogP contribution in [0.3, 0.4) is 0 Å². The lowest BCUT2D eigenvalue weighted by Crippen LogP contribution is -2.17. The first-order valence-corrected chi connectivity index (χ1v) is 5.39. The predicted octanol–water partition coefficient (Wildman–Crippen LogP) is 3.41. The first-order chi connectivity index (χ1) is 7.70. The molecule has 0 atom stereocenters. The van der Waals surface area contributed by atoms with Crippen LogP contribution in [0.25, 0.3) is 0 Å². The van der Waals surface area contributed by atoms with Crippen LogP contribution in [0.15, 0.2) is 54.6 Å². The van der Waals surface area contributed by atoms with Crippen LogP contribution in [0.4, 0.5) is 5.69 Å². The molecule has 0 aliphatic heterocycles. The summed E-state index contributed by atoms with van der Waals surface area (Å²) in [7, 11) is 0. The molecule has 0 bridgehead atoms. The van der Waals surface area contributed by atoms with Gasteiger partial charge in [0.2, 0.25) is 5.91 Å². The maximum Gasteiger partial charge on any atom is 0.226 e. The van der Waals surface area contributed by atoms with Gasteiger partial charge in [-0.15, -0.1) is 0 Å². The molecule has 0 radical (unpaired) electrons. The molecule has 84 valence electrons. The predicted molar refractivity (Wildman–Crippen MR) is 67.5 cm³/mol. The van der Waals surface area contributed by atoms with E-state index < -0.39 is 0 Å². The summed E-state index contributed by atoms with van der Waals surface area (Å²) in [6.07, 6.45) is 0. The molecule has 0 aliphatic carbocycles. The minimum Gasteiger partial charge on any atom is -0.326 e. The van der Waals surface area contributed by atoms with E-state index in [9.17, 15) is 4.79 Å². The number of hydrogen-bond donors (Lipinski definition) is 1. The van der Waals surface area contributed by atoms with Gasteiger partial charge in [-0.05, 0) is 12.1 Å². The second-order valence-electron chi connectivity index (χ2n) is 3.78. The van der Waals surface area contributed by atoms with Gasteiger partial charge in [-0.1, -0.05) is 56.3 Å². The molecular formula is C14H17NO. The average Bonchev–Trinajstić information content (AvgIpc) is 2.27. The fraction of sp³-hybridized carbons (Fsp3) is 0.214. The van der Waals surface area contributed by atoms with Gasteiger partial charge in [-0.25, -0.2) is 0 Å². The van der Waals surface area contributed by atoms with Crippen molar-refractivity contribution in [3.8, 4) is 0 Å². The molecule has 1 rings (SSSR count). The number of hydrogen-bond acceptors (Lipinski definition) is 1. The standard InChI is InChI=1S/C14H17NO/c1-12(2)14(16)15-13-10-8-6-4-3-5-7-9-11-13/h3-12H,1-2H3,(H,15,16). The van der Waals surface area contributed by atoms with Crippen LogP contribution in [0.1, 0.15) is 13.8 Å². The molecule has 2 heteroatoms. The maximum atomic E-state index is 11.5. The van der Waals surface area contributed by atoms with Gasteiger partial charge in [0.25, 0.3) is 0 Å². The fourth-order valence-electron chi connectivity index (χ4n) is 1.06. The van der Waals surface area contributed by atoms with E-state index in [-0.39, 0.29) is 11.8 Å². The number of amides is 1. The Morgan fingerprint density at radius 2 is 1.38 bits per heavy atom. The Kier molecular flexibility index (Phi) is 5.06. The van der Waals surface area contributed by atoms with E-state index in [0.29, 0.717) is 0 Å². The highest BCUT2D eigenvalue weighted by molar-refractivity contribution is 5.91. The molecule has 0 aliphatic rings. The first kappa shape index (κ1) is 12.2. The second kappa shape index (κ2) is 6.62. The first-order valence-electron chi connectivity index (χ1n) is 5.39. The average molecular weight is 215 g/mol. The Hall–Kier alpha value is -1.83. The van der Waals surface area contributed by atoms with Crippen molar-refractivity contribution in [3.63, 3.8) is 0 Å². The van der Waals surface area contributed by atoms with Gasteiger partial charge in [-0.3, -0.25) is 4.79 Å². The monoisotopic (exact) mass is 215 g/mol. The third kappa shape index (κ3) is 4.60. The van der Waals surface area contributed by atoms with Crippen molar-refractivity contribution < 1.29 is 4.79 Å². The van der Waals surface area contributed by atoms with E-state index in [1.165, 1.54) is 0 Å². The molecule has 0 saturated heterocycles. The minimum absolute atomic E-state index is 0.0101. The van der Waals surface area contributed by atoms with Crippen LogP contribution < -0.4 is 5.32 Å². The number of carbonyl (C=O) groups is 1. The normalized spacial score (nSPS) is 9.44. The van der Waals surface area contributed by atoms with Crippen LogP contribution in [-0.4, -0.2) is 5.91 Å². The summed E-state index contributed by atoms with van der Waals surface area (Å²) in [6.45, 7) is 3.75. The molecular weight excluding hydrogens is 198 g/mol. The molecule has 1 aromatic carbocycles. The Bertz CT molecular complexity index is 373. The zero-order valence-electron chi connectivity index (χ0n) is 9.68. The topological polar surface area (TPSA) is 29.1 Å². The molecule has 0 heterocycles. The van der Waals surface area contributed by atoms with Crippen molar-refractivity contribution in [2.24, 2.45) is 5.92 Å². The molecule has 0 saturated carbocycles. The van der Waals surface area contributed by atoms with Crippen LogP contribution in [0, 0.1) is 5.92 Å². The van der Waals surface area contributed by atoms with E-state index >= 15 is 0 Å². The van der Waals surface area contributed by atoms with Crippen LogP contribution >= 0.6 is 0 Å². The van der Waals surface area contributed by atoms with Crippen molar-refractivity contribution in [1.82, 2.24) is 0 Å². The third-order valence-corrected chi connectivity index (χ3v) is 2.01. The van der Waals surface area contributed by atoms with Crippen molar-refractivity contribution in [2.45, 2.75) is 13.8 Å². The van der Waals surface area contributed by atoms with Gasteiger partial charge in [0, 0.05) is 11.6 Å². The summed E-state index contributed by atoms with van der Waals surface area (Å²) in [6, 6.07) is 17.2. The molecule has 1 aromatic rings. The molecule has 2 nitrogen and oxygen atoms in total. The summed E-state index contributed by atoms with van der Waals surface area (Å²) in [4.78, 5) is 11.5. The highest BCUT2D eigenvalue weighted by Crippen LogP contribution is 2.05. The Morgan fingerprint density at radius 1 is 0.938 bits per heavy atom. The van der Waals surface area contributed by atoms with Gasteiger partial charge in [0.1, 0.15) is 0 Å². The van der Waals surface area contributed by atoms with Crippen molar-refractivity contribution >= 4 is 11.6 Å². The lowest BCUT2D eigenvalue weighted by Gasteiger charge is -2.05. The maximum absolute atomic E-state index is 11.5. The summed E-state index contributed by atoms with van der Waals surface area (Å²) in [5.41, 5.74) is 0.801. The summed E-state index contributed by atoms with van der Waals surface area (Å²) >= 11 is 0. The highest BCUT2D eigenvalue weighted by atomic mass is 16.1. The SMILES string of the molecule is CC(C)C(=O)Nc1ccccccccc1. The molecule has 1 amide bonds. The minimum atomic E-state index is -0.0101. The largest absolute Gasteiger partial charge is 0.326 e. The number of anilines is 1. The van der Waals surface area contributed by atoms with Crippen LogP contribution in [0.2, 0.25) is 0 Å². The Labute approximate surface area is 96.6 Å². The zero-order chi connectivity index (χ0) is 11.8. The highest BCUT2D eigenvalue weighted by Gasteiger charge is 2.05. The summed E-state index contributed by atoms with van der Waals surface area (Å²) in [5.74, 6) is 0.0185. The van der Waals surface area contributed by atoms with Gasteiger partial charge in [0.05, 0.1) is 0 Å². The zero-order valence-corrected chi connectivity index (χ0v) is 9.68. The smallest absolute Gasteiger partial charge is 0.226 e. The lowest BCUT2D eigenvalue weighted by molar-refractivity contribution is -0.118. The van der Waals surface area contributed by atoms with Crippen LogP contribution in [-0.2, 0) is 4.79 Å². The Morgan fingerprint density at radius 3 is 1.81 bits per heavy atom. The van der Waals surface area contributed by atoms with E-state index in [1.54, 1.807) is 0 Å². The fourth-order valence-corrected chi connectivity index (χ4v) is 1.06. The molecule has 0 spiro atoms. The quantitative estimate of drug-likeness (QED) is 0.804. The molecule has 16 heavy (non-hydrogen) atoms. The number of rotatable bonds is 2. The summed E-state index contributed by atoms with van der Waals surface area (Å²) < 4.78 is 0. The van der Waals surface area contributed by atoms with E-state index in [1.807, 2.05) is 68.4 Å². The van der Waals surface area contributed by atoms with Gasteiger partial charge in [0.15, 0.2) is 0 Å². The third-order valence-electron chi connectivity index (χ3n) is 2.01.